The van der Waals surface area contributed by atoms with E-state index in [1.165, 1.54) is 5.56 Å². The number of fused-ring (bicyclic) bond motifs is 1. The monoisotopic (exact) mass is 270 g/mol. The predicted octanol–water partition coefficient (Wildman–Crippen LogP) is 4.40. The van der Waals surface area contributed by atoms with Gasteiger partial charge in [0.15, 0.2) is 0 Å². The van der Waals surface area contributed by atoms with Gasteiger partial charge >= 0.3 is 0 Å². The van der Waals surface area contributed by atoms with Gasteiger partial charge in [-0.2, -0.15) is 0 Å². The molecule has 19 heavy (non-hydrogen) atoms. The zero-order chi connectivity index (χ0) is 13.2. The van der Waals surface area contributed by atoms with Gasteiger partial charge in [0.05, 0.1) is 0 Å². The maximum absolute atomic E-state index is 10.4. The molecule has 1 N–H and O–H groups in total. The second-order valence-corrected chi connectivity index (χ2v) is 5.31. The van der Waals surface area contributed by atoms with E-state index in [2.05, 4.69) is 12.1 Å². The first-order valence-corrected chi connectivity index (χ1v) is 6.84. The fourth-order valence-corrected chi connectivity index (χ4v) is 2.69. The average Bonchev–Trinajstić information content (AvgIpc) is 2.45. The van der Waals surface area contributed by atoms with E-state index in [-0.39, 0.29) is 0 Å². The number of aliphatic hydroxyl groups is 1. The molecule has 3 rings (SSSR count). The highest BCUT2D eigenvalue weighted by Gasteiger charge is 2.21. The second-order valence-electron chi connectivity index (χ2n) is 4.87. The van der Waals surface area contributed by atoms with E-state index in [1.807, 2.05) is 42.5 Å². The summed E-state index contributed by atoms with van der Waals surface area (Å²) in [4.78, 5) is 0. The normalized spacial score (nSPS) is 20.3. The Bertz CT molecular complexity index is 613. The van der Waals surface area contributed by atoms with Crippen LogP contribution in [0.3, 0.4) is 0 Å². The molecule has 0 heterocycles. The van der Waals surface area contributed by atoms with E-state index in [0.29, 0.717) is 0 Å². The third kappa shape index (κ3) is 2.58. The van der Waals surface area contributed by atoms with Crippen LogP contribution in [-0.4, -0.2) is 5.11 Å². The Morgan fingerprint density at radius 2 is 1.74 bits per heavy atom. The molecule has 2 heteroatoms. The fraction of sp³-hybridized carbons (Fsp3) is 0.176. The first kappa shape index (κ1) is 12.5. The van der Waals surface area contributed by atoms with Gasteiger partial charge in [0.2, 0.25) is 0 Å². The van der Waals surface area contributed by atoms with Crippen molar-refractivity contribution in [3.8, 4) is 0 Å². The van der Waals surface area contributed by atoms with Crippen LogP contribution in [0.4, 0.5) is 0 Å². The van der Waals surface area contributed by atoms with Crippen LogP contribution in [0.1, 0.15) is 29.2 Å². The Labute approximate surface area is 118 Å². The lowest BCUT2D eigenvalue weighted by atomic mass is 9.85. The molecule has 0 aliphatic heterocycles. The molecule has 1 nitrogen and oxygen atoms in total. The maximum atomic E-state index is 10.4. The Balaban J connectivity index is 1.93. The van der Waals surface area contributed by atoms with Crippen LogP contribution in [0, 0.1) is 0 Å². The van der Waals surface area contributed by atoms with E-state index < -0.39 is 6.10 Å². The third-order valence-corrected chi connectivity index (χ3v) is 3.86. The van der Waals surface area contributed by atoms with Crippen molar-refractivity contribution in [3.05, 3.63) is 75.8 Å². The van der Waals surface area contributed by atoms with Gasteiger partial charge in [-0.1, -0.05) is 54.1 Å². The first-order valence-electron chi connectivity index (χ1n) is 6.46. The molecule has 0 amide bonds. The van der Waals surface area contributed by atoms with Crippen LogP contribution in [0.5, 0.6) is 0 Å². The number of aryl methyl sites for hydroxylation is 1. The zero-order valence-corrected chi connectivity index (χ0v) is 11.3. The summed E-state index contributed by atoms with van der Waals surface area (Å²) in [7, 11) is 0. The quantitative estimate of drug-likeness (QED) is 0.814. The minimum absolute atomic E-state index is 0.486. The highest BCUT2D eigenvalue weighted by atomic mass is 35.5. The molecular formula is C17H15ClO. The lowest BCUT2D eigenvalue weighted by Crippen LogP contribution is -2.11. The SMILES string of the molecule is OC1C(=Cc2ccc(Cl)cc2)CCc2ccccc21. The van der Waals surface area contributed by atoms with Crippen molar-refractivity contribution in [2.75, 3.05) is 0 Å². The average molecular weight is 271 g/mol. The molecule has 0 fully saturated rings. The molecule has 1 atom stereocenters. The van der Waals surface area contributed by atoms with Crippen LogP contribution in [0.2, 0.25) is 5.02 Å². The molecule has 0 spiro atoms. The predicted molar refractivity (Wildman–Crippen MR) is 79.2 cm³/mol. The van der Waals surface area contributed by atoms with E-state index >= 15 is 0 Å². The molecule has 1 aliphatic carbocycles. The van der Waals surface area contributed by atoms with Crippen LogP contribution in [0.15, 0.2) is 54.1 Å². The lowest BCUT2D eigenvalue weighted by molar-refractivity contribution is 0.206. The summed E-state index contributed by atoms with van der Waals surface area (Å²) in [6, 6.07) is 15.8. The van der Waals surface area contributed by atoms with Gasteiger partial charge in [-0.3, -0.25) is 0 Å². The van der Waals surface area contributed by atoms with Gasteiger partial charge in [0, 0.05) is 5.02 Å². The van der Waals surface area contributed by atoms with Crippen LogP contribution in [0.25, 0.3) is 6.08 Å². The smallest absolute Gasteiger partial charge is 0.101 e. The number of halogens is 1. The molecule has 0 saturated carbocycles. The van der Waals surface area contributed by atoms with Crippen molar-refractivity contribution in [1.82, 2.24) is 0 Å². The molecule has 1 aliphatic rings. The summed E-state index contributed by atoms with van der Waals surface area (Å²) >= 11 is 5.88. The molecule has 2 aromatic carbocycles. The van der Waals surface area contributed by atoms with Crippen LogP contribution < -0.4 is 0 Å². The summed E-state index contributed by atoms with van der Waals surface area (Å²) in [6.07, 6.45) is 3.48. The molecule has 1 unspecified atom stereocenters. The van der Waals surface area contributed by atoms with Gasteiger partial charge in [-0.15, -0.1) is 0 Å². The highest BCUT2D eigenvalue weighted by Crippen LogP contribution is 2.34. The Hall–Kier alpha value is -1.57. The zero-order valence-electron chi connectivity index (χ0n) is 10.5. The van der Waals surface area contributed by atoms with Gasteiger partial charge in [-0.05, 0) is 47.2 Å². The fourth-order valence-electron chi connectivity index (χ4n) is 2.57. The van der Waals surface area contributed by atoms with E-state index in [1.54, 1.807) is 0 Å². The van der Waals surface area contributed by atoms with Crippen LogP contribution >= 0.6 is 11.6 Å². The van der Waals surface area contributed by atoms with Crippen molar-refractivity contribution < 1.29 is 5.11 Å². The Morgan fingerprint density at radius 1 is 1.00 bits per heavy atom. The number of benzene rings is 2. The Kier molecular flexibility index (Phi) is 3.41. The van der Waals surface area contributed by atoms with Gasteiger partial charge in [0.25, 0.3) is 0 Å². The Morgan fingerprint density at radius 3 is 2.53 bits per heavy atom. The largest absolute Gasteiger partial charge is 0.384 e. The molecule has 0 saturated heterocycles. The van der Waals surface area contributed by atoms with Gasteiger partial charge in [-0.25, -0.2) is 0 Å². The minimum Gasteiger partial charge on any atom is -0.384 e. The van der Waals surface area contributed by atoms with E-state index in [0.717, 1.165) is 34.6 Å². The standard InChI is InChI=1S/C17H15ClO/c18-15-9-5-12(6-10-15)11-14-8-7-13-3-1-2-4-16(13)17(14)19/h1-6,9-11,17,19H,7-8H2. The highest BCUT2D eigenvalue weighted by molar-refractivity contribution is 6.30. The van der Waals surface area contributed by atoms with Crippen molar-refractivity contribution >= 4 is 17.7 Å². The molecule has 0 aromatic heterocycles. The molecule has 0 radical (unpaired) electrons. The molecule has 0 bridgehead atoms. The number of hydrogen-bond acceptors (Lipinski definition) is 1. The minimum atomic E-state index is -0.486. The summed E-state index contributed by atoms with van der Waals surface area (Å²) in [5.41, 5.74) is 4.44. The summed E-state index contributed by atoms with van der Waals surface area (Å²) < 4.78 is 0. The maximum Gasteiger partial charge on any atom is 0.101 e. The molecule has 2 aromatic rings. The summed E-state index contributed by atoms with van der Waals surface area (Å²) in [5.74, 6) is 0. The second kappa shape index (κ2) is 5.20. The number of rotatable bonds is 1. The van der Waals surface area contributed by atoms with Crippen molar-refractivity contribution in [1.29, 1.82) is 0 Å². The molecule has 96 valence electrons. The van der Waals surface area contributed by atoms with Crippen molar-refractivity contribution in [2.24, 2.45) is 0 Å². The lowest BCUT2D eigenvalue weighted by Gasteiger charge is -2.24. The van der Waals surface area contributed by atoms with Crippen molar-refractivity contribution in [2.45, 2.75) is 18.9 Å². The summed E-state index contributed by atoms with van der Waals surface area (Å²) in [5, 5.41) is 11.2. The topological polar surface area (TPSA) is 20.2 Å². The summed E-state index contributed by atoms with van der Waals surface area (Å²) in [6.45, 7) is 0. The van der Waals surface area contributed by atoms with Gasteiger partial charge in [0.1, 0.15) is 6.10 Å². The van der Waals surface area contributed by atoms with E-state index in [9.17, 15) is 5.11 Å². The third-order valence-electron chi connectivity index (χ3n) is 3.61. The molecular weight excluding hydrogens is 256 g/mol. The van der Waals surface area contributed by atoms with Gasteiger partial charge < -0.3 is 5.11 Å². The first-order chi connectivity index (χ1) is 9.24. The van der Waals surface area contributed by atoms with E-state index in [4.69, 9.17) is 11.6 Å². The number of hydrogen-bond donors (Lipinski definition) is 1. The van der Waals surface area contributed by atoms with Crippen LogP contribution in [-0.2, 0) is 6.42 Å². The van der Waals surface area contributed by atoms with Crippen molar-refractivity contribution in [3.63, 3.8) is 0 Å². The number of aliphatic hydroxyl groups excluding tert-OH is 1.